The van der Waals surface area contributed by atoms with E-state index in [4.69, 9.17) is 9.47 Å². The molecule has 0 spiro atoms. The average molecular weight is 648 g/mol. The van der Waals surface area contributed by atoms with Crippen LogP contribution in [0.2, 0.25) is 0 Å². The van der Waals surface area contributed by atoms with Crippen molar-refractivity contribution >= 4 is 44.8 Å². The number of rotatable bonds is 11. The third-order valence-electron chi connectivity index (χ3n) is 8.60. The summed E-state index contributed by atoms with van der Waals surface area (Å²) >= 11 is 1.34. The highest BCUT2D eigenvalue weighted by molar-refractivity contribution is 7.15. The van der Waals surface area contributed by atoms with Gasteiger partial charge in [-0.1, -0.05) is 47.6 Å². The Labute approximate surface area is 275 Å². The Bertz CT molecular complexity index is 1670. The molecule has 4 aromatic rings. The van der Waals surface area contributed by atoms with Gasteiger partial charge in [-0.2, -0.15) is 0 Å². The lowest BCUT2D eigenvalue weighted by Crippen LogP contribution is -2.61. The summed E-state index contributed by atoms with van der Waals surface area (Å²) in [4.78, 5) is 29.2. The van der Waals surface area contributed by atoms with Crippen LogP contribution in [0.3, 0.4) is 0 Å². The van der Waals surface area contributed by atoms with Crippen molar-refractivity contribution in [2.45, 2.75) is 66.3 Å². The quantitative estimate of drug-likeness (QED) is 0.160. The van der Waals surface area contributed by atoms with Crippen molar-refractivity contribution in [1.82, 2.24) is 19.9 Å². The third-order valence-corrected chi connectivity index (χ3v) is 9.51. The molecule has 2 aromatic carbocycles. The highest BCUT2D eigenvalue weighted by Crippen LogP contribution is 2.53. The number of aromatic nitrogens is 3. The van der Waals surface area contributed by atoms with Gasteiger partial charge in [0, 0.05) is 40.3 Å². The number of benzene rings is 2. The predicted molar refractivity (Wildman–Crippen MR) is 182 cm³/mol. The smallest absolute Gasteiger partial charge is 0.229 e. The maximum absolute atomic E-state index is 13.5. The number of ether oxygens (including phenoxy) is 2. The Morgan fingerprint density at radius 3 is 2.57 bits per heavy atom. The minimum absolute atomic E-state index is 0.00836. The maximum atomic E-state index is 13.5. The van der Waals surface area contributed by atoms with Crippen LogP contribution in [0, 0.1) is 23.1 Å². The van der Waals surface area contributed by atoms with E-state index in [0.29, 0.717) is 40.3 Å². The first-order valence-electron chi connectivity index (χ1n) is 15.6. The number of methoxy groups -OCH3 is 1. The van der Waals surface area contributed by atoms with Gasteiger partial charge >= 0.3 is 0 Å². The zero-order valence-corrected chi connectivity index (χ0v) is 28.6. The lowest BCUT2D eigenvalue weighted by molar-refractivity contribution is -0.115. The number of anilines is 3. The van der Waals surface area contributed by atoms with Gasteiger partial charge in [0.2, 0.25) is 5.91 Å². The van der Waals surface area contributed by atoms with Crippen molar-refractivity contribution in [3.05, 3.63) is 66.0 Å². The van der Waals surface area contributed by atoms with Crippen LogP contribution in [0.5, 0.6) is 11.5 Å². The molecular formula is C35H44FN6O3S. The molecular weight excluding hydrogens is 603 g/mol. The Balaban J connectivity index is 1.23. The van der Waals surface area contributed by atoms with E-state index < -0.39 is 5.82 Å². The van der Waals surface area contributed by atoms with E-state index in [1.807, 2.05) is 12.1 Å². The topological polar surface area (TPSA) is 102 Å². The predicted octanol–water partition coefficient (Wildman–Crippen LogP) is 7.67. The third kappa shape index (κ3) is 7.10. The van der Waals surface area contributed by atoms with Gasteiger partial charge in [-0.3, -0.25) is 9.69 Å². The monoisotopic (exact) mass is 647 g/mol. The SMILES string of the molecule is COc1cc2c(Nc3ncc(CC(=O)Nc4cccc(F)c4)s3)ncnc2cc1OCCCN1CC[CH]C1(C(C)(C)C)C(C)(C)C. The Morgan fingerprint density at radius 2 is 1.85 bits per heavy atom. The van der Waals surface area contributed by atoms with Crippen LogP contribution in [0.1, 0.15) is 59.3 Å². The van der Waals surface area contributed by atoms with Crippen molar-refractivity contribution in [3.8, 4) is 11.5 Å². The van der Waals surface area contributed by atoms with E-state index in [-0.39, 0.29) is 28.7 Å². The molecule has 0 atom stereocenters. The van der Waals surface area contributed by atoms with Crippen molar-refractivity contribution in [2.24, 2.45) is 10.8 Å². The fourth-order valence-corrected chi connectivity index (χ4v) is 7.87. The first kappa shape index (κ1) is 33.5. The highest BCUT2D eigenvalue weighted by Gasteiger charge is 2.56. The molecule has 1 aliphatic heterocycles. The van der Waals surface area contributed by atoms with E-state index >= 15 is 0 Å². The molecule has 2 aromatic heterocycles. The molecule has 1 fully saturated rings. The number of thiazole rings is 1. The van der Waals surface area contributed by atoms with Gasteiger partial charge in [-0.25, -0.2) is 19.3 Å². The minimum Gasteiger partial charge on any atom is -0.493 e. The van der Waals surface area contributed by atoms with Crippen molar-refractivity contribution in [2.75, 3.05) is 37.4 Å². The number of hydrogen-bond donors (Lipinski definition) is 2. The van der Waals surface area contributed by atoms with Crippen molar-refractivity contribution in [1.29, 1.82) is 0 Å². The van der Waals surface area contributed by atoms with Gasteiger partial charge in [-0.05, 0) is 60.9 Å². The van der Waals surface area contributed by atoms with E-state index in [2.05, 4.69) is 78.4 Å². The molecule has 0 unspecified atom stereocenters. The molecule has 5 rings (SSSR count). The molecule has 1 aliphatic rings. The molecule has 1 saturated heterocycles. The van der Waals surface area contributed by atoms with Gasteiger partial charge in [0.15, 0.2) is 16.6 Å². The number of carbonyl (C=O) groups excluding carboxylic acids is 1. The van der Waals surface area contributed by atoms with Crippen LogP contribution >= 0.6 is 11.3 Å². The van der Waals surface area contributed by atoms with Gasteiger partial charge < -0.3 is 20.1 Å². The first-order chi connectivity index (χ1) is 21.8. The number of nitrogens with one attached hydrogen (secondary N) is 2. The largest absolute Gasteiger partial charge is 0.493 e. The lowest BCUT2D eigenvalue weighted by Gasteiger charge is -2.56. The van der Waals surface area contributed by atoms with Gasteiger partial charge in [0.25, 0.3) is 0 Å². The van der Waals surface area contributed by atoms with E-state index in [0.717, 1.165) is 36.2 Å². The number of amides is 1. The molecule has 9 nitrogen and oxygen atoms in total. The average Bonchev–Trinajstić information content (AvgIpc) is 3.62. The number of nitrogens with zero attached hydrogens (tertiary/aromatic N) is 4. The zero-order chi connectivity index (χ0) is 33.1. The number of likely N-dealkylation sites (tertiary alicyclic amines) is 1. The van der Waals surface area contributed by atoms with Crippen molar-refractivity contribution in [3.63, 3.8) is 0 Å². The molecule has 11 heteroatoms. The number of fused-ring (bicyclic) bond motifs is 1. The van der Waals surface area contributed by atoms with Crippen LogP contribution in [0.4, 0.5) is 21.0 Å². The first-order valence-corrected chi connectivity index (χ1v) is 16.4. The summed E-state index contributed by atoms with van der Waals surface area (Å²) in [5.41, 5.74) is 1.33. The Morgan fingerprint density at radius 1 is 1.07 bits per heavy atom. The second-order valence-corrected chi connectivity index (χ2v) is 14.8. The van der Waals surface area contributed by atoms with Crippen LogP contribution < -0.4 is 20.1 Å². The summed E-state index contributed by atoms with van der Waals surface area (Å²) in [6.07, 6.45) is 7.75. The van der Waals surface area contributed by atoms with Crippen molar-refractivity contribution < 1.29 is 18.7 Å². The molecule has 0 saturated carbocycles. The molecule has 2 N–H and O–H groups in total. The standard InChI is InChI=1S/C35H44FN6O3S/c1-33(2,3)35(34(4,5)6)13-9-14-42(35)15-10-16-45-29-20-27-26(19-28(29)44-7)31(39-22-38-27)41-32-37-21-25(46-32)18-30(43)40-24-12-8-11-23(36)17-24/h8,11-13,17,19-22H,9-10,14-16,18H2,1-7H3,(H,40,43)(H,37,38,39,41). The Hall–Kier alpha value is -3.83. The van der Waals surface area contributed by atoms with Crippen LogP contribution in [-0.2, 0) is 11.2 Å². The summed E-state index contributed by atoms with van der Waals surface area (Å²) in [5, 5.41) is 7.29. The highest BCUT2D eigenvalue weighted by atomic mass is 32.1. The fourth-order valence-electron chi connectivity index (χ4n) is 7.06. The normalized spacial score (nSPS) is 15.2. The summed E-state index contributed by atoms with van der Waals surface area (Å²) in [5.74, 6) is 1.12. The summed E-state index contributed by atoms with van der Waals surface area (Å²) < 4.78 is 25.4. The number of carbonyl (C=O) groups is 1. The lowest BCUT2D eigenvalue weighted by atomic mass is 9.58. The second kappa shape index (κ2) is 13.5. The minimum atomic E-state index is -0.408. The second-order valence-electron chi connectivity index (χ2n) is 13.7. The Kier molecular flexibility index (Phi) is 9.83. The van der Waals surface area contributed by atoms with Gasteiger partial charge in [0.1, 0.15) is 18.0 Å². The number of hydrogen-bond acceptors (Lipinski definition) is 9. The van der Waals surface area contributed by atoms with Crippen LogP contribution in [0.25, 0.3) is 10.9 Å². The molecule has 245 valence electrons. The molecule has 0 aliphatic carbocycles. The molecule has 0 bridgehead atoms. The van der Waals surface area contributed by atoms with Gasteiger partial charge in [-0.15, -0.1) is 11.3 Å². The van der Waals surface area contributed by atoms with Gasteiger partial charge in [0.05, 0.1) is 25.7 Å². The van der Waals surface area contributed by atoms with E-state index in [1.54, 1.807) is 25.4 Å². The summed E-state index contributed by atoms with van der Waals surface area (Å²) in [6.45, 7) is 16.6. The van der Waals surface area contributed by atoms with Crippen LogP contribution in [0.15, 0.2) is 48.9 Å². The fraction of sp³-hybridized carbons (Fsp3) is 0.457. The summed E-state index contributed by atoms with van der Waals surface area (Å²) in [6, 6.07) is 9.55. The van der Waals surface area contributed by atoms with E-state index in [1.165, 1.54) is 29.8 Å². The maximum Gasteiger partial charge on any atom is 0.229 e. The molecule has 1 radical (unpaired) electrons. The van der Waals surface area contributed by atoms with E-state index in [9.17, 15) is 9.18 Å². The zero-order valence-electron chi connectivity index (χ0n) is 27.7. The molecule has 3 heterocycles. The van der Waals surface area contributed by atoms with Crippen LogP contribution in [-0.4, -0.2) is 58.1 Å². The number of halogens is 1. The summed E-state index contributed by atoms with van der Waals surface area (Å²) in [7, 11) is 1.62. The molecule has 46 heavy (non-hydrogen) atoms. The molecule has 1 amide bonds.